The lowest BCUT2D eigenvalue weighted by atomic mass is 10.0. The number of benzene rings is 2. The Morgan fingerprint density at radius 2 is 1.93 bits per heavy atom. The van der Waals surface area contributed by atoms with E-state index in [1.54, 1.807) is 18.5 Å². The van der Waals surface area contributed by atoms with Gasteiger partial charge in [0.15, 0.2) is 17.8 Å². The summed E-state index contributed by atoms with van der Waals surface area (Å²) in [5.74, 6) is 5.22. The van der Waals surface area contributed by atoms with E-state index in [2.05, 4.69) is 43.8 Å². The van der Waals surface area contributed by atoms with Crippen LogP contribution in [-0.2, 0) is 14.3 Å². The highest BCUT2D eigenvalue weighted by molar-refractivity contribution is 6.03. The van der Waals surface area contributed by atoms with E-state index >= 15 is 0 Å². The van der Waals surface area contributed by atoms with Crippen LogP contribution in [0, 0.1) is 11.8 Å². The molecule has 1 aliphatic rings. The van der Waals surface area contributed by atoms with Gasteiger partial charge in [0.25, 0.3) is 5.91 Å². The SMILES string of the molecule is CC/C(=C/c1cccc(C#CCNC=O)c1C=O)N(C)c1ccccc1.NC(=O)c1c(N)nn2cccnc12.O=C1CCCO1. The molecule has 232 valence electrons. The second-order valence-corrected chi connectivity index (χ2v) is 9.45. The molecule has 1 saturated heterocycles. The first-order chi connectivity index (χ1) is 21.8. The molecule has 0 atom stereocenters. The molecular formula is C33H35N7O5. The lowest BCUT2D eigenvalue weighted by molar-refractivity contribution is -0.137. The fourth-order valence-electron chi connectivity index (χ4n) is 4.23. The average molecular weight is 610 g/mol. The van der Waals surface area contributed by atoms with E-state index in [4.69, 9.17) is 11.5 Å². The van der Waals surface area contributed by atoms with E-state index in [1.807, 2.05) is 61.7 Å². The topological polar surface area (TPSA) is 175 Å². The van der Waals surface area contributed by atoms with Crippen molar-refractivity contribution in [3.8, 4) is 11.8 Å². The number of aldehydes is 1. The second-order valence-electron chi connectivity index (χ2n) is 9.45. The molecule has 5 rings (SSSR count). The van der Waals surface area contributed by atoms with Crippen LogP contribution < -0.4 is 21.7 Å². The molecule has 2 aromatic heterocycles. The molecule has 1 fully saturated rings. The first kappa shape index (κ1) is 33.5. The van der Waals surface area contributed by atoms with Crippen molar-refractivity contribution in [2.45, 2.75) is 26.2 Å². The van der Waals surface area contributed by atoms with Crippen LogP contribution in [0.1, 0.15) is 58.0 Å². The lowest BCUT2D eigenvalue weighted by Crippen LogP contribution is -2.15. The Hall–Kier alpha value is -5.96. The number of primary amides is 1. The van der Waals surface area contributed by atoms with Gasteiger partial charge in [0.2, 0.25) is 6.41 Å². The van der Waals surface area contributed by atoms with Crippen molar-refractivity contribution >= 4 is 47.8 Å². The standard InChI is InChI=1S/C22H22N2O2.C7H7N5O.C4H6O2/c1-3-20(24(2)21-12-5-4-6-13-21)15-19-10-7-9-18(22(19)16-25)11-8-14-23-17-26;8-5-4(6(9)13)7-10-2-1-3-12(7)11-5;5-4-2-1-3-6-4/h4-7,9-10,12-13,15-17H,3,14H2,1-2H3,(H,23,26);1-3H,(H2,8,11)(H2,9,13);1-3H2/b20-15-;;. The molecule has 1 aliphatic heterocycles. The Labute approximate surface area is 261 Å². The maximum atomic E-state index is 11.7. The first-order valence-electron chi connectivity index (χ1n) is 14.1. The minimum atomic E-state index is -0.619. The normalized spacial score (nSPS) is 11.9. The summed E-state index contributed by atoms with van der Waals surface area (Å²) in [5, 5.41) is 6.35. The molecule has 3 heterocycles. The summed E-state index contributed by atoms with van der Waals surface area (Å²) in [7, 11) is 2.01. The van der Waals surface area contributed by atoms with E-state index in [1.165, 1.54) is 4.52 Å². The third kappa shape index (κ3) is 9.52. The van der Waals surface area contributed by atoms with E-state index in [0.29, 0.717) is 36.2 Å². The molecular weight excluding hydrogens is 574 g/mol. The molecule has 12 nitrogen and oxygen atoms in total. The number of ether oxygens (including phenoxy) is 1. The summed E-state index contributed by atoms with van der Waals surface area (Å²) in [6.45, 7) is 2.97. The number of nitrogens with zero attached hydrogens (tertiary/aromatic N) is 4. The van der Waals surface area contributed by atoms with Gasteiger partial charge in [0.05, 0.1) is 13.2 Å². The lowest BCUT2D eigenvalue weighted by Gasteiger charge is -2.22. The molecule has 0 aliphatic carbocycles. The number of anilines is 2. The Bertz CT molecular complexity index is 1710. The molecule has 0 bridgehead atoms. The highest BCUT2D eigenvalue weighted by atomic mass is 16.5. The number of nitrogens with one attached hydrogen (secondary N) is 1. The van der Waals surface area contributed by atoms with Gasteiger partial charge in [-0.2, -0.15) is 0 Å². The number of cyclic esters (lactones) is 1. The van der Waals surface area contributed by atoms with Gasteiger partial charge in [-0.3, -0.25) is 19.2 Å². The molecule has 0 radical (unpaired) electrons. The number of esters is 1. The van der Waals surface area contributed by atoms with Gasteiger partial charge < -0.3 is 26.4 Å². The number of carbonyl (C=O) groups excluding carboxylic acids is 4. The van der Waals surface area contributed by atoms with Gasteiger partial charge in [0, 0.05) is 48.4 Å². The molecule has 0 unspecified atom stereocenters. The van der Waals surface area contributed by atoms with Crippen molar-refractivity contribution in [1.82, 2.24) is 19.9 Å². The summed E-state index contributed by atoms with van der Waals surface area (Å²) in [6, 6.07) is 17.4. The summed E-state index contributed by atoms with van der Waals surface area (Å²) in [5.41, 5.74) is 15.4. The maximum Gasteiger partial charge on any atom is 0.305 e. The molecule has 5 N–H and O–H groups in total. The average Bonchev–Trinajstić information content (AvgIpc) is 3.68. The summed E-state index contributed by atoms with van der Waals surface area (Å²) in [6.07, 6.45) is 9.00. The largest absolute Gasteiger partial charge is 0.466 e. The zero-order chi connectivity index (χ0) is 32.6. The third-order valence-corrected chi connectivity index (χ3v) is 6.47. The summed E-state index contributed by atoms with van der Waals surface area (Å²) < 4.78 is 5.93. The summed E-state index contributed by atoms with van der Waals surface area (Å²) in [4.78, 5) is 49.0. The fraction of sp³-hybridized carbons (Fsp3) is 0.212. The van der Waals surface area contributed by atoms with Crippen LogP contribution in [0.5, 0.6) is 0 Å². The van der Waals surface area contributed by atoms with Crippen LogP contribution in [0.25, 0.3) is 11.7 Å². The Balaban J connectivity index is 0.000000236. The molecule has 4 aromatic rings. The number of carbonyl (C=O) groups is 4. The Kier molecular flexibility index (Phi) is 12.8. The number of hydrogen-bond donors (Lipinski definition) is 3. The highest BCUT2D eigenvalue weighted by Crippen LogP contribution is 2.23. The predicted molar refractivity (Wildman–Crippen MR) is 172 cm³/mol. The first-order valence-corrected chi connectivity index (χ1v) is 14.1. The molecule has 45 heavy (non-hydrogen) atoms. The zero-order valence-corrected chi connectivity index (χ0v) is 25.1. The molecule has 12 heteroatoms. The molecule has 2 aromatic carbocycles. The van der Waals surface area contributed by atoms with Gasteiger partial charge >= 0.3 is 5.97 Å². The molecule has 0 saturated carbocycles. The molecule has 0 spiro atoms. The summed E-state index contributed by atoms with van der Waals surface area (Å²) >= 11 is 0. The number of fused-ring (bicyclic) bond motifs is 1. The number of aromatic nitrogens is 3. The van der Waals surface area contributed by atoms with E-state index in [9.17, 15) is 19.2 Å². The number of nitrogen functional groups attached to an aromatic ring is 1. The monoisotopic (exact) mass is 609 g/mol. The molecule has 2 amide bonds. The van der Waals surface area contributed by atoms with Gasteiger partial charge in [-0.25, -0.2) is 9.50 Å². The number of nitrogens with two attached hydrogens (primary N) is 2. The van der Waals surface area contributed by atoms with Crippen molar-refractivity contribution < 1.29 is 23.9 Å². The second kappa shape index (κ2) is 17.2. The fourth-order valence-corrected chi connectivity index (χ4v) is 4.23. The van der Waals surface area contributed by atoms with Crippen LogP contribution in [0.2, 0.25) is 0 Å². The highest BCUT2D eigenvalue weighted by Gasteiger charge is 2.15. The van der Waals surface area contributed by atoms with Crippen LogP contribution in [-0.4, -0.2) is 59.4 Å². The number of rotatable bonds is 8. The van der Waals surface area contributed by atoms with E-state index in [0.717, 1.165) is 36.1 Å². The Morgan fingerprint density at radius 3 is 2.53 bits per heavy atom. The Morgan fingerprint density at radius 1 is 1.16 bits per heavy atom. The quantitative estimate of drug-likeness (QED) is 0.117. The van der Waals surface area contributed by atoms with Crippen molar-refractivity contribution in [2.75, 3.05) is 30.8 Å². The van der Waals surface area contributed by atoms with Gasteiger partial charge in [-0.05, 0) is 48.7 Å². The van der Waals surface area contributed by atoms with Crippen LogP contribution in [0.15, 0.2) is 72.7 Å². The van der Waals surface area contributed by atoms with Gasteiger partial charge in [-0.15, -0.1) is 5.10 Å². The minimum absolute atomic E-state index is 0.0463. The van der Waals surface area contributed by atoms with E-state index in [-0.39, 0.29) is 23.9 Å². The van der Waals surface area contributed by atoms with E-state index < -0.39 is 5.91 Å². The predicted octanol–water partition coefficient (Wildman–Crippen LogP) is 3.22. The minimum Gasteiger partial charge on any atom is -0.466 e. The van der Waals surface area contributed by atoms with Crippen LogP contribution in [0.3, 0.4) is 0 Å². The smallest absolute Gasteiger partial charge is 0.305 e. The zero-order valence-electron chi connectivity index (χ0n) is 25.1. The number of hydrogen-bond acceptors (Lipinski definition) is 9. The van der Waals surface area contributed by atoms with Crippen molar-refractivity contribution in [3.63, 3.8) is 0 Å². The number of allylic oxidation sites excluding steroid dienone is 1. The third-order valence-electron chi connectivity index (χ3n) is 6.47. The van der Waals surface area contributed by atoms with Gasteiger partial charge in [0.1, 0.15) is 5.56 Å². The number of para-hydroxylation sites is 1. The number of amides is 2. The van der Waals surface area contributed by atoms with Gasteiger partial charge in [-0.1, -0.05) is 49.1 Å². The van der Waals surface area contributed by atoms with Crippen LogP contribution >= 0.6 is 0 Å². The van der Waals surface area contributed by atoms with Crippen LogP contribution in [0.4, 0.5) is 11.5 Å². The van der Waals surface area contributed by atoms with Crippen molar-refractivity contribution in [2.24, 2.45) is 5.73 Å². The van der Waals surface area contributed by atoms with Crippen molar-refractivity contribution in [1.29, 1.82) is 0 Å². The maximum absolute atomic E-state index is 11.7. The van der Waals surface area contributed by atoms with Crippen molar-refractivity contribution in [3.05, 3.63) is 94.9 Å².